The van der Waals surface area contributed by atoms with E-state index >= 15 is 0 Å². The molecule has 4 aliphatic carbocycles. The zero-order chi connectivity index (χ0) is 21.8. The van der Waals surface area contributed by atoms with Gasteiger partial charge in [-0.1, -0.05) is 54.4 Å². The van der Waals surface area contributed by atoms with Crippen LogP contribution < -0.4 is 0 Å². The summed E-state index contributed by atoms with van der Waals surface area (Å²) < 4.78 is 0. The third-order valence-corrected chi connectivity index (χ3v) is 11.5. The van der Waals surface area contributed by atoms with Crippen LogP contribution in [0.4, 0.5) is 0 Å². The summed E-state index contributed by atoms with van der Waals surface area (Å²) >= 11 is 0. The van der Waals surface area contributed by atoms with Gasteiger partial charge in [-0.25, -0.2) is 0 Å². The number of rotatable bonds is 5. The summed E-state index contributed by atoms with van der Waals surface area (Å²) in [6, 6.07) is 0. The Bertz CT molecular complexity index is 601. The van der Waals surface area contributed by atoms with E-state index in [0.29, 0.717) is 23.2 Å². The summed E-state index contributed by atoms with van der Waals surface area (Å²) in [5.41, 5.74) is 0.581. The smallest absolute Gasteiger partial charge is 0.0581 e. The quantitative estimate of drug-likeness (QED) is 0.522. The van der Waals surface area contributed by atoms with Gasteiger partial charge in [0.1, 0.15) is 0 Å². The minimum absolute atomic E-state index is 0.101. The second-order valence-corrected chi connectivity index (χ2v) is 13.2. The van der Waals surface area contributed by atoms with Gasteiger partial charge in [-0.15, -0.1) is 0 Å². The fraction of sp³-hybridized carbons (Fsp3) is 1.00. The minimum Gasteiger partial charge on any atom is -0.393 e. The van der Waals surface area contributed by atoms with Crippen LogP contribution >= 0.6 is 0 Å². The largest absolute Gasteiger partial charge is 0.393 e. The molecule has 0 aliphatic heterocycles. The fourth-order valence-electron chi connectivity index (χ4n) is 9.39. The summed E-state index contributed by atoms with van der Waals surface area (Å²) in [7, 11) is 0. The molecule has 2 nitrogen and oxygen atoms in total. The minimum atomic E-state index is -0.137. The van der Waals surface area contributed by atoms with Gasteiger partial charge in [-0.2, -0.15) is 0 Å². The van der Waals surface area contributed by atoms with E-state index in [4.69, 9.17) is 0 Å². The molecule has 0 aromatic heterocycles. The Morgan fingerprint density at radius 1 is 0.867 bits per heavy atom. The van der Waals surface area contributed by atoms with E-state index in [0.717, 1.165) is 55.3 Å². The summed E-state index contributed by atoms with van der Waals surface area (Å²) in [5, 5.41) is 21.9. The van der Waals surface area contributed by atoms with Crippen LogP contribution in [0, 0.1) is 58.2 Å². The van der Waals surface area contributed by atoms with Gasteiger partial charge in [-0.05, 0) is 110 Å². The van der Waals surface area contributed by atoms with E-state index in [2.05, 4.69) is 41.5 Å². The van der Waals surface area contributed by atoms with E-state index in [1.54, 1.807) is 0 Å². The maximum atomic E-state index is 11.6. The molecule has 0 unspecified atom stereocenters. The predicted molar refractivity (Wildman–Crippen MR) is 125 cm³/mol. The van der Waals surface area contributed by atoms with Crippen molar-refractivity contribution in [1.82, 2.24) is 0 Å². The summed E-state index contributed by atoms with van der Waals surface area (Å²) in [6.07, 6.45) is 11.9. The molecule has 0 aromatic rings. The van der Waals surface area contributed by atoms with Crippen LogP contribution in [-0.2, 0) is 0 Å². The first-order valence-corrected chi connectivity index (χ1v) is 13.4. The van der Waals surface area contributed by atoms with Gasteiger partial charge in [-0.3, -0.25) is 0 Å². The van der Waals surface area contributed by atoms with Crippen molar-refractivity contribution in [2.24, 2.45) is 58.2 Å². The van der Waals surface area contributed by atoms with E-state index in [1.807, 2.05) is 0 Å². The van der Waals surface area contributed by atoms with Crippen molar-refractivity contribution in [3.8, 4) is 0 Å². The molecule has 30 heavy (non-hydrogen) atoms. The first-order chi connectivity index (χ1) is 14.1. The first kappa shape index (κ1) is 23.1. The van der Waals surface area contributed by atoms with Crippen molar-refractivity contribution >= 4 is 0 Å². The molecular weight excluding hydrogens is 368 g/mol. The van der Waals surface area contributed by atoms with E-state index in [1.165, 1.54) is 38.5 Å². The zero-order valence-corrected chi connectivity index (χ0v) is 20.7. The number of hydrogen-bond donors (Lipinski definition) is 2. The van der Waals surface area contributed by atoms with Crippen LogP contribution in [0.5, 0.6) is 0 Å². The molecule has 4 fully saturated rings. The van der Waals surface area contributed by atoms with Crippen molar-refractivity contribution in [1.29, 1.82) is 0 Å². The van der Waals surface area contributed by atoms with Crippen LogP contribution in [0.2, 0.25) is 0 Å². The molecule has 4 rings (SSSR count). The molecule has 0 saturated heterocycles. The topological polar surface area (TPSA) is 40.5 Å². The Balaban J connectivity index is 1.51. The molecule has 174 valence electrons. The molecule has 2 N–H and O–H groups in total. The number of fused-ring (bicyclic) bond motifs is 5. The van der Waals surface area contributed by atoms with Gasteiger partial charge in [0, 0.05) is 0 Å². The number of hydrogen-bond acceptors (Lipinski definition) is 2. The highest BCUT2D eigenvalue weighted by Gasteiger charge is 2.63. The molecule has 4 saturated carbocycles. The molecule has 0 radical (unpaired) electrons. The third kappa shape index (κ3) is 3.70. The number of aliphatic hydroxyl groups excluding tert-OH is 2. The van der Waals surface area contributed by atoms with Crippen molar-refractivity contribution in [2.45, 2.75) is 118 Å². The Hall–Kier alpha value is -0.0800. The highest BCUT2D eigenvalue weighted by Crippen LogP contribution is 2.68. The third-order valence-electron chi connectivity index (χ3n) is 11.5. The zero-order valence-electron chi connectivity index (χ0n) is 20.7. The summed E-state index contributed by atoms with van der Waals surface area (Å²) in [5.74, 6) is 5.78. The van der Waals surface area contributed by atoms with Crippen LogP contribution in [0.15, 0.2) is 0 Å². The molecule has 2 heteroatoms. The monoisotopic (exact) mass is 418 g/mol. The molecule has 4 aliphatic rings. The normalized spacial score (nSPS) is 50.5. The Labute approximate surface area is 186 Å². The van der Waals surface area contributed by atoms with Gasteiger partial charge >= 0.3 is 0 Å². The van der Waals surface area contributed by atoms with Gasteiger partial charge in [0.05, 0.1) is 12.2 Å². The average Bonchev–Trinajstić information content (AvgIpc) is 3.02. The lowest BCUT2D eigenvalue weighted by molar-refractivity contribution is -0.179. The molecular formula is C28H50O2. The second kappa shape index (κ2) is 8.36. The first-order valence-electron chi connectivity index (χ1n) is 13.4. The molecule has 0 bridgehead atoms. The Morgan fingerprint density at radius 2 is 1.60 bits per heavy atom. The van der Waals surface area contributed by atoms with E-state index in [-0.39, 0.29) is 17.6 Å². The lowest BCUT2D eigenvalue weighted by atomic mass is 9.43. The maximum absolute atomic E-state index is 11.6. The van der Waals surface area contributed by atoms with Crippen molar-refractivity contribution in [3.63, 3.8) is 0 Å². The van der Waals surface area contributed by atoms with E-state index < -0.39 is 0 Å². The van der Waals surface area contributed by atoms with Crippen molar-refractivity contribution in [3.05, 3.63) is 0 Å². The standard InChI is InChI=1S/C28H50O2/c1-17(2)18(3)7-8-19(4)23-11-12-24-22-10-9-20-15-21(29)13-14-27(20,5)26(22)25(30)16-28(23,24)6/h17-26,29-30H,7-16H2,1-6H3/t18-,19+,20-,21+,22-,23-,24+,25+,26+,27-,28+/m0/s1. The lowest BCUT2D eigenvalue weighted by Gasteiger charge is -2.62. The van der Waals surface area contributed by atoms with Crippen molar-refractivity contribution < 1.29 is 10.2 Å². The fourth-order valence-corrected chi connectivity index (χ4v) is 9.39. The van der Waals surface area contributed by atoms with Gasteiger partial charge in [0.15, 0.2) is 0 Å². The van der Waals surface area contributed by atoms with E-state index in [9.17, 15) is 10.2 Å². The predicted octanol–water partition coefficient (Wildman–Crippen LogP) is 6.69. The van der Waals surface area contributed by atoms with Gasteiger partial charge in [0.2, 0.25) is 0 Å². The van der Waals surface area contributed by atoms with Crippen LogP contribution in [0.25, 0.3) is 0 Å². The second-order valence-electron chi connectivity index (χ2n) is 13.2. The molecule has 0 spiro atoms. The molecule has 0 aromatic carbocycles. The average molecular weight is 419 g/mol. The van der Waals surface area contributed by atoms with Gasteiger partial charge < -0.3 is 10.2 Å². The van der Waals surface area contributed by atoms with Crippen molar-refractivity contribution in [2.75, 3.05) is 0 Å². The molecule has 11 atom stereocenters. The number of aliphatic hydroxyl groups is 2. The molecule has 0 heterocycles. The van der Waals surface area contributed by atoms with Crippen LogP contribution in [0.1, 0.15) is 106 Å². The van der Waals surface area contributed by atoms with Crippen LogP contribution in [0.3, 0.4) is 0 Å². The summed E-state index contributed by atoms with van der Waals surface area (Å²) in [4.78, 5) is 0. The Kier molecular flexibility index (Phi) is 6.44. The highest BCUT2D eigenvalue weighted by molar-refractivity contribution is 5.12. The maximum Gasteiger partial charge on any atom is 0.0581 e. The highest BCUT2D eigenvalue weighted by atomic mass is 16.3. The van der Waals surface area contributed by atoms with Gasteiger partial charge in [0.25, 0.3) is 0 Å². The Morgan fingerprint density at radius 3 is 2.30 bits per heavy atom. The van der Waals surface area contributed by atoms with Crippen LogP contribution in [-0.4, -0.2) is 22.4 Å². The summed E-state index contributed by atoms with van der Waals surface area (Å²) in [6.45, 7) is 14.7. The lowest BCUT2D eigenvalue weighted by Crippen LogP contribution is -2.59. The molecule has 0 amide bonds. The SMILES string of the molecule is CC(C)[C@@H](C)CC[C@@H](C)[C@@H]1CC[C@@H]2[C@@H]3CC[C@H]4C[C@H](O)CC[C@]4(C)[C@H]3[C@H](O)C[C@@]21C.